The van der Waals surface area contributed by atoms with Crippen molar-refractivity contribution >= 4 is 17.5 Å². The van der Waals surface area contributed by atoms with Gasteiger partial charge in [-0.3, -0.25) is 4.79 Å². The number of halogens is 1. The number of benzene rings is 1. The van der Waals surface area contributed by atoms with E-state index in [2.05, 4.69) is 5.18 Å². The Morgan fingerprint density at radius 2 is 2.00 bits per heavy atom. The molecule has 0 saturated carbocycles. The Morgan fingerprint density at radius 3 is 2.50 bits per heavy atom. The van der Waals surface area contributed by atoms with E-state index in [0.717, 1.165) is 0 Å². The molecule has 1 atom stereocenters. The molecule has 14 heavy (non-hydrogen) atoms. The van der Waals surface area contributed by atoms with Crippen LogP contribution in [0.3, 0.4) is 0 Å². The first kappa shape index (κ1) is 10.8. The number of hydrogen-bond acceptors (Lipinski definition) is 3. The number of aliphatic hydroxyl groups excluding tert-OH is 1. The highest BCUT2D eigenvalue weighted by Crippen LogP contribution is 2.19. The third kappa shape index (κ3) is 2.90. The molecule has 1 rings (SSSR count). The first-order chi connectivity index (χ1) is 6.63. The first-order valence-corrected chi connectivity index (χ1v) is 4.31. The van der Waals surface area contributed by atoms with Crippen LogP contribution in [0.25, 0.3) is 0 Å². The van der Waals surface area contributed by atoms with Gasteiger partial charge in [0.15, 0.2) is 0 Å². The van der Waals surface area contributed by atoms with E-state index in [1.54, 1.807) is 24.3 Å². The van der Waals surface area contributed by atoms with Crippen LogP contribution in [0.1, 0.15) is 18.1 Å². The van der Waals surface area contributed by atoms with E-state index in [1.807, 2.05) is 0 Å². The summed E-state index contributed by atoms with van der Waals surface area (Å²) in [7, 11) is 0. The fraction of sp³-hybridized carbons (Fsp3) is 0.222. The topological polar surface area (TPSA) is 66.7 Å². The fourth-order valence-corrected chi connectivity index (χ4v) is 1.13. The zero-order chi connectivity index (χ0) is 10.6. The minimum absolute atomic E-state index is 0.300. The number of carbonyl (C=O) groups is 1. The van der Waals surface area contributed by atoms with Gasteiger partial charge in [-0.25, -0.2) is 0 Å². The quantitative estimate of drug-likeness (QED) is 0.782. The van der Waals surface area contributed by atoms with Crippen LogP contribution < -0.4 is 0 Å². The van der Waals surface area contributed by atoms with E-state index in [4.69, 9.17) is 11.6 Å². The van der Waals surface area contributed by atoms with Crippen LogP contribution in [0.15, 0.2) is 29.4 Å². The summed E-state index contributed by atoms with van der Waals surface area (Å²) in [4.78, 5) is 20.4. The molecule has 1 aromatic carbocycles. The Morgan fingerprint density at radius 1 is 1.43 bits per heavy atom. The van der Waals surface area contributed by atoms with Crippen LogP contribution in [0.2, 0.25) is 5.02 Å². The highest BCUT2D eigenvalue weighted by molar-refractivity contribution is 6.30. The maximum atomic E-state index is 10.6. The SMILES string of the molecule is O=NC(=O)CC(O)c1ccc(Cl)cc1. The largest absolute Gasteiger partial charge is 0.388 e. The molecular weight excluding hydrogens is 206 g/mol. The van der Waals surface area contributed by atoms with Crippen molar-refractivity contribution in [3.63, 3.8) is 0 Å². The Balaban J connectivity index is 2.69. The Labute approximate surface area is 85.5 Å². The van der Waals surface area contributed by atoms with Gasteiger partial charge in [0.25, 0.3) is 5.91 Å². The van der Waals surface area contributed by atoms with E-state index in [-0.39, 0.29) is 6.42 Å². The maximum absolute atomic E-state index is 10.6. The molecule has 1 unspecified atom stereocenters. The van der Waals surface area contributed by atoms with Gasteiger partial charge in [-0.1, -0.05) is 23.7 Å². The van der Waals surface area contributed by atoms with Crippen LogP contribution in [0, 0.1) is 4.91 Å². The maximum Gasteiger partial charge on any atom is 0.289 e. The van der Waals surface area contributed by atoms with Crippen molar-refractivity contribution < 1.29 is 9.90 Å². The molecule has 1 aromatic rings. The van der Waals surface area contributed by atoms with E-state index >= 15 is 0 Å². The van der Waals surface area contributed by atoms with Gasteiger partial charge in [0.2, 0.25) is 0 Å². The first-order valence-electron chi connectivity index (χ1n) is 3.93. The third-order valence-corrected chi connectivity index (χ3v) is 1.98. The molecule has 0 aliphatic rings. The standard InChI is InChI=1S/C9H8ClNO3/c10-7-3-1-6(2-4-7)8(12)5-9(13)11-14/h1-4,8,12H,5H2. The summed E-state index contributed by atoms with van der Waals surface area (Å²) < 4.78 is 0. The van der Waals surface area contributed by atoms with Gasteiger partial charge in [0.05, 0.1) is 12.5 Å². The molecule has 5 heteroatoms. The van der Waals surface area contributed by atoms with Crippen LogP contribution in [-0.2, 0) is 4.79 Å². The number of amides is 1. The summed E-state index contributed by atoms with van der Waals surface area (Å²) in [5, 5.41) is 12.2. The van der Waals surface area contributed by atoms with Gasteiger partial charge in [-0.2, -0.15) is 0 Å². The highest BCUT2D eigenvalue weighted by Gasteiger charge is 2.12. The summed E-state index contributed by atoms with van der Waals surface area (Å²) in [6.45, 7) is 0. The van der Waals surface area contributed by atoms with E-state index in [0.29, 0.717) is 10.6 Å². The number of carbonyl (C=O) groups excluding carboxylic acids is 1. The fourth-order valence-electron chi connectivity index (χ4n) is 1.01. The van der Waals surface area contributed by atoms with Crippen molar-refractivity contribution in [2.75, 3.05) is 0 Å². The molecule has 0 spiro atoms. The van der Waals surface area contributed by atoms with Crippen molar-refractivity contribution in [1.82, 2.24) is 0 Å². The lowest BCUT2D eigenvalue weighted by atomic mass is 10.1. The zero-order valence-electron chi connectivity index (χ0n) is 7.18. The summed E-state index contributed by atoms with van der Waals surface area (Å²) in [6.07, 6.45) is -1.30. The van der Waals surface area contributed by atoms with Gasteiger partial charge in [-0.05, 0) is 17.7 Å². The van der Waals surface area contributed by atoms with Gasteiger partial charge < -0.3 is 5.11 Å². The van der Waals surface area contributed by atoms with Gasteiger partial charge in [0.1, 0.15) is 0 Å². The van der Waals surface area contributed by atoms with E-state index < -0.39 is 12.0 Å². The number of nitrogens with zero attached hydrogens (tertiary/aromatic N) is 1. The molecule has 0 aliphatic heterocycles. The molecule has 1 amide bonds. The summed E-state index contributed by atoms with van der Waals surface area (Å²) in [6, 6.07) is 6.37. The van der Waals surface area contributed by atoms with Crippen molar-refractivity contribution in [3.05, 3.63) is 39.8 Å². The Bertz CT molecular complexity index is 336. The summed E-state index contributed by atoms with van der Waals surface area (Å²) in [5.74, 6) is -0.868. The van der Waals surface area contributed by atoms with Gasteiger partial charge in [0, 0.05) is 10.2 Å². The normalized spacial score (nSPS) is 12.1. The second-order valence-electron chi connectivity index (χ2n) is 2.76. The predicted molar refractivity (Wildman–Crippen MR) is 51.8 cm³/mol. The zero-order valence-corrected chi connectivity index (χ0v) is 7.94. The molecule has 4 nitrogen and oxygen atoms in total. The second-order valence-corrected chi connectivity index (χ2v) is 3.19. The molecule has 0 aliphatic carbocycles. The lowest BCUT2D eigenvalue weighted by molar-refractivity contribution is -0.119. The van der Waals surface area contributed by atoms with Crippen molar-refractivity contribution in [2.24, 2.45) is 5.18 Å². The molecule has 0 aromatic heterocycles. The molecule has 0 heterocycles. The van der Waals surface area contributed by atoms with Crippen molar-refractivity contribution in [1.29, 1.82) is 0 Å². The predicted octanol–water partition coefficient (Wildman–Crippen LogP) is 2.06. The van der Waals surface area contributed by atoms with Crippen LogP contribution in [-0.4, -0.2) is 11.0 Å². The minimum Gasteiger partial charge on any atom is -0.388 e. The van der Waals surface area contributed by atoms with Gasteiger partial charge in [-0.15, -0.1) is 4.91 Å². The number of aliphatic hydroxyl groups is 1. The molecule has 0 radical (unpaired) electrons. The number of nitroso groups, excluding NO2 is 1. The summed E-state index contributed by atoms with van der Waals surface area (Å²) >= 11 is 5.63. The molecule has 0 saturated heterocycles. The second kappa shape index (κ2) is 4.83. The number of hydrogen-bond donors (Lipinski definition) is 1. The molecular formula is C9H8ClNO3. The van der Waals surface area contributed by atoms with E-state index in [1.165, 1.54) is 0 Å². The molecule has 74 valence electrons. The van der Waals surface area contributed by atoms with E-state index in [9.17, 15) is 14.8 Å². The summed E-state index contributed by atoms with van der Waals surface area (Å²) in [5.41, 5.74) is 0.534. The Hall–Kier alpha value is -1.26. The van der Waals surface area contributed by atoms with Crippen LogP contribution in [0.4, 0.5) is 0 Å². The minimum atomic E-state index is -1.00. The smallest absolute Gasteiger partial charge is 0.289 e. The Kier molecular flexibility index (Phi) is 3.73. The third-order valence-electron chi connectivity index (χ3n) is 1.72. The lowest BCUT2D eigenvalue weighted by Gasteiger charge is -2.07. The average molecular weight is 214 g/mol. The number of rotatable bonds is 3. The molecule has 0 bridgehead atoms. The lowest BCUT2D eigenvalue weighted by Crippen LogP contribution is -2.03. The monoisotopic (exact) mass is 213 g/mol. The molecule has 0 fully saturated rings. The van der Waals surface area contributed by atoms with Crippen molar-refractivity contribution in [3.8, 4) is 0 Å². The molecule has 1 N–H and O–H groups in total. The van der Waals surface area contributed by atoms with Gasteiger partial charge >= 0.3 is 0 Å². The van der Waals surface area contributed by atoms with Crippen LogP contribution in [0.5, 0.6) is 0 Å². The highest BCUT2D eigenvalue weighted by atomic mass is 35.5. The average Bonchev–Trinajstić information content (AvgIpc) is 2.18. The van der Waals surface area contributed by atoms with Crippen LogP contribution >= 0.6 is 11.6 Å². The van der Waals surface area contributed by atoms with Crippen molar-refractivity contribution in [2.45, 2.75) is 12.5 Å².